The zero-order valence-corrected chi connectivity index (χ0v) is 14.5. The van der Waals surface area contributed by atoms with Gasteiger partial charge in [0.05, 0.1) is 16.3 Å². The predicted octanol–water partition coefficient (Wildman–Crippen LogP) is 5.57. The van der Waals surface area contributed by atoms with Gasteiger partial charge in [-0.05, 0) is 36.8 Å². The van der Waals surface area contributed by atoms with Crippen LogP contribution < -0.4 is 5.32 Å². The number of azo groups is 1. The number of nitro groups is 1. The van der Waals surface area contributed by atoms with Gasteiger partial charge in [0.2, 0.25) is 0 Å². The lowest BCUT2D eigenvalue weighted by Crippen LogP contribution is -2.11. The van der Waals surface area contributed by atoms with Crippen LogP contribution in [0.1, 0.15) is 15.9 Å². The van der Waals surface area contributed by atoms with Crippen molar-refractivity contribution in [2.75, 3.05) is 5.32 Å². The van der Waals surface area contributed by atoms with Gasteiger partial charge >= 0.3 is 0 Å². The normalized spacial score (nSPS) is 10.7. The molecule has 0 fully saturated rings. The van der Waals surface area contributed by atoms with Gasteiger partial charge in [-0.25, -0.2) is 0 Å². The maximum atomic E-state index is 12.4. The van der Waals surface area contributed by atoms with Crippen molar-refractivity contribution in [2.24, 2.45) is 10.2 Å². The van der Waals surface area contributed by atoms with Crippen LogP contribution in [0, 0.1) is 17.0 Å². The summed E-state index contributed by atoms with van der Waals surface area (Å²) in [6, 6.07) is 20.1. The van der Waals surface area contributed by atoms with Gasteiger partial charge in [0.15, 0.2) is 0 Å². The molecule has 0 aliphatic rings. The Hall–Kier alpha value is -3.87. The number of nitrogens with one attached hydrogen (secondary N) is 1. The Labute approximate surface area is 155 Å². The second-order valence-corrected chi connectivity index (χ2v) is 5.77. The topological polar surface area (TPSA) is 97.0 Å². The quantitative estimate of drug-likeness (QED) is 0.366. The molecule has 0 spiro atoms. The fourth-order valence-corrected chi connectivity index (χ4v) is 2.39. The number of anilines is 1. The van der Waals surface area contributed by atoms with Crippen LogP contribution in [-0.2, 0) is 0 Å². The van der Waals surface area contributed by atoms with Crippen LogP contribution in [0.3, 0.4) is 0 Å². The maximum absolute atomic E-state index is 12.4. The van der Waals surface area contributed by atoms with Gasteiger partial charge in [-0.2, -0.15) is 5.11 Å². The molecule has 27 heavy (non-hydrogen) atoms. The summed E-state index contributed by atoms with van der Waals surface area (Å²) in [5.41, 5.74) is 2.44. The molecule has 134 valence electrons. The maximum Gasteiger partial charge on any atom is 0.271 e. The van der Waals surface area contributed by atoms with Crippen LogP contribution in [0.25, 0.3) is 0 Å². The third-order valence-corrected chi connectivity index (χ3v) is 3.86. The number of nitro benzene ring substituents is 1. The van der Waals surface area contributed by atoms with Crippen LogP contribution in [0.2, 0.25) is 0 Å². The molecule has 0 aliphatic heterocycles. The number of amides is 1. The molecule has 0 unspecified atom stereocenters. The van der Waals surface area contributed by atoms with E-state index in [-0.39, 0.29) is 17.3 Å². The highest BCUT2D eigenvalue weighted by molar-refractivity contribution is 6.05. The van der Waals surface area contributed by atoms with E-state index in [1.54, 1.807) is 30.3 Å². The first-order chi connectivity index (χ1) is 13.0. The van der Waals surface area contributed by atoms with Crippen LogP contribution in [0.4, 0.5) is 22.7 Å². The Kier molecular flexibility index (Phi) is 5.32. The minimum absolute atomic E-state index is 0.133. The minimum Gasteiger partial charge on any atom is -0.320 e. The van der Waals surface area contributed by atoms with Crippen molar-refractivity contribution in [3.8, 4) is 0 Å². The van der Waals surface area contributed by atoms with E-state index in [2.05, 4.69) is 15.5 Å². The lowest BCUT2D eigenvalue weighted by atomic mass is 10.2. The van der Waals surface area contributed by atoms with Crippen molar-refractivity contribution in [1.29, 1.82) is 0 Å². The average molecular weight is 360 g/mol. The highest BCUT2D eigenvalue weighted by Gasteiger charge is 2.14. The lowest BCUT2D eigenvalue weighted by Gasteiger charge is -2.08. The van der Waals surface area contributed by atoms with Crippen molar-refractivity contribution in [1.82, 2.24) is 0 Å². The first-order valence-corrected chi connectivity index (χ1v) is 8.17. The van der Waals surface area contributed by atoms with E-state index in [0.717, 1.165) is 5.56 Å². The summed E-state index contributed by atoms with van der Waals surface area (Å²) in [7, 11) is 0. The number of hydrogen-bond donors (Lipinski definition) is 1. The number of carbonyl (C=O) groups excluding carboxylic acids is 1. The van der Waals surface area contributed by atoms with Gasteiger partial charge in [0, 0.05) is 17.7 Å². The van der Waals surface area contributed by atoms with Gasteiger partial charge < -0.3 is 5.32 Å². The molecular formula is C20H16N4O3. The summed E-state index contributed by atoms with van der Waals surface area (Å²) < 4.78 is 0. The van der Waals surface area contributed by atoms with E-state index in [9.17, 15) is 14.9 Å². The van der Waals surface area contributed by atoms with E-state index >= 15 is 0 Å². The van der Waals surface area contributed by atoms with E-state index in [1.165, 1.54) is 18.2 Å². The number of aryl methyl sites for hydroxylation is 1. The Balaban J connectivity index is 1.95. The zero-order chi connectivity index (χ0) is 19.2. The molecule has 3 aromatic rings. The monoisotopic (exact) mass is 360 g/mol. The third-order valence-electron chi connectivity index (χ3n) is 3.86. The molecule has 3 aromatic carbocycles. The summed E-state index contributed by atoms with van der Waals surface area (Å²) in [6.45, 7) is 1.89. The van der Waals surface area contributed by atoms with E-state index in [1.807, 2.05) is 31.2 Å². The zero-order valence-electron chi connectivity index (χ0n) is 14.5. The predicted molar refractivity (Wildman–Crippen MR) is 103 cm³/mol. The van der Waals surface area contributed by atoms with Gasteiger partial charge in [0.1, 0.15) is 5.69 Å². The second-order valence-electron chi connectivity index (χ2n) is 5.77. The van der Waals surface area contributed by atoms with Gasteiger partial charge in [-0.3, -0.25) is 14.9 Å². The summed E-state index contributed by atoms with van der Waals surface area (Å²) in [6.07, 6.45) is 0. The number of carbonyl (C=O) groups is 1. The number of non-ortho nitro benzene ring substituents is 1. The van der Waals surface area contributed by atoms with Crippen molar-refractivity contribution in [3.05, 3.63) is 94.0 Å². The molecule has 0 aromatic heterocycles. The highest BCUT2D eigenvalue weighted by Crippen LogP contribution is 2.32. The molecule has 3 rings (SSSR count). The van der Waals surface area contributed by atoms with E-state index < -0.39 is 4.92 Å². The number of nitrogens with zero attached hydrogens (tertiary/aromatic N) is 3. The molecule has 1 N–H and O–H groups in total. The summed E-state index contributed by atoms with van der Waals surface area (Å²) in [5, 5.41) is 22.1. The Morgan fingerprint density at radius 2 is 1.59 bits per heavy atom. The Morgan fingerprint density at radius 3 is 2.30 bits per heavy atom. The van der Waals surface area contributed by atoms with Crippen LogP contribution in [-0.4, -0.2) is 10.8 Å². The average Bonchev–Trinajstić information content (AvgIpc) is 2.68. The molecule has 0 saturated heterocycles. The van der Waals surface area contributed by atoms with E-state index in [4.69, 9.17) is 0 Å². The smallest absolute Gasteiger partial charge is 0.271 e. The summed E-state index contributed by atoms with van der Waals surface area (Å²) in [5.74, 6) is -0.336. The Bertz CT molecular complexity index is 1020. The standard InChI is InChI=1S/C20H16N4O3/c1-14-7-5-6-10-17(14)22-23-19-13-16(24(26)27)11-12-18(19)21-20(25)15-8-3-2-4-9-15/h2-13H,1H3,(H,21,25). The number of hydrogen-bond acceptors (Lipinski definition) is 5. The van der Waals surface area contributed by atoms with E-state index in [0.29, 0.717) is 16.9 Å². The first kappa shape index (κ1) is 17.9. The van der Waals surface area contributed by atoms with Crippen molar-refractivity contribution < 1.29 is 9.72 Å². The summed E-state index contributed by atoms with van der Waals surface area (Å²) >= 11 is 0. The van der Waals surface area contributed by atoms with Crippen LogP contribution in [0.5, 0.6) is 0 Å². The molecule has 0 radical (unpaired) electrons. The molecule has 0 saturated carbocycles. The van der Waals surface area contributed by atoms with Crippen molar-refractivity contribution in [2.45, 2.75) is 6.92 Å². The molecule has 1 amide bonds. The summed E-state index contributed by atoms with van der Waals surface area (Å²) in [4.78, 5) is 23.0. The fraction of sp³-hybridized carbons (Fsp3) is 0.0500. The number of benzene rings is 3. The molecule has 0 aliphatic carbocycles. The fourth-order valence-electron chi connectivity index (χ4n) is 2.39. The third kappa shape index (κ3) is 4.40. The Morgan fingerprint density at radius 1 is 0.926 bits per heavy atom. The SMILES string of the molecule is Cc1ccccc1N=Nc1cc([N+](=O)[O-])ccc1NC(=O)c1ccccc1. The molecular weight excluding hydrogens is 344 g/mol. The van der Waals surface area contributed by atoms with Crippen molar-refractivity contribution in [3.63, 3.8) is 0 Å². The molecule has 0 heterocycles. The largest absolute Gasteiger partial charge is 0.320 e. The second kappa shape index (κ2) is 8.01. The van der Waals surface area contributed by atoms with Crippen LogP contribution in [0.15, 0.2) is 83.0 Å². The highest BCUT2D eigenvalue weighted by atomic mass is 16.6. The molecule has 0 bridgehead atoms. The lowest BCUT2D eigenvalue weighted by molar-refractivity contribution is -0.384. The molecule has 7 heteroatoms. The minimum atomic E-state index is -0.518. The van der Waals surface area contributed by atoms with Crippen molar-refractivity contribution >= 4 is 28.7 Å². The van der Waals surface area contributed by atoms with Crippen LogP contribution >= 0.6 is 0 Å². The number of rotatable bonds is 5. The molecule has 7 nitrogen and oxygen atoms in total. The molecule has 0 atom stereocenters. The van der Waals surface area contributed by atoms with Gasteiger partial charge in [0.25, 0.3) is 11.6 Å². The van der Waals surface area contributed by atoms with Gasteiger partial charge in [-0.1, -0.05) is 36.4 Å². The van der Waals surface area contributed by atoms with Gasteiger partial charge in [-0.15, -0.1) is 5.11 Å². The first-order valence-electron chi connectivity index (χ1n) is 8.17.